The van der Waals surface area contributed by atoms with Gasteiger partial charge in [-0.2, -0.15) is 4.52 Å². The number of anilines is 2. The molecule has 26 heavy (non-hydrogen) atoms. The number of benzene rings is 1. The zero-order valence-electron chi connectivity index (χ0n) is 14.4. The lowest BCUT2D eigenvalue weighted by Crippen LogP contribution is -2.52. The molecule has 4 heterocycles. The number of fused-ring (bicyclic) bond motifs is 2. The van der Waals surface area contributed by atoms with Gasteiger partial charge in [-0.3, -0.25) is 4.98 Å². The zero-order chi connectivity index (χ0) is 17.5. The zero-order valence-corrected chi connectivity index (χ0v) is 14.4. The van der Waals surface area contributed by atoms with E-state index in [4.69, 9.17) is 4.98 Å². The number of para-hydroxylation sites is 2. The largest absolute Gasteiger partial charge is 0.351 e. The van der Waals surface area contributed by atoms with Gasteiger partial charge in [-0.05, 0) is 31.2 Å². The van der Waals surface area contributed by atoms with Gasteiger partial charge >= 0.3 is 0 Å². The molecule has 0 radical (unpaired) electrons. The number of piperazine rings is 1. The standard InChI is InChI=1S/C18H18N8/c1-13-11-24(18-10-19-14-4-2-3-5-15(14)21-18)8-9-25(13)17-7-6-16-22-20-12-26(16)23-17/h2-7,10,12-13H,8-9,11H2,1H3/t13-/m1/s1. The topological polar surface area (TPSA) is 75.3 Å². The first-order chi connectivity index (χ1) is 12.8. The maximum Gasteiger partial charge on any atom is 0.177 e. The number of rotatable bonds is 2. The SMILES string of the molecule is C[C@@H]1CN(c2cnc3ccccc3n2)CCN1c1ccc2nncn2n1. The van der Waals surface area contributed by atoms with E-state index in [-0.39, 0.29) is 0 Å². The molecule has 0 aliphatic carbocycles. The van der Waals surface area contributed by atoms with Gasteiger partial charge in [-0.25, -0.2) is 4.98 Å². The van der Waals surface area contributed by atoms with Crippen LogP contribution in [0.25, 0.3) is 16.7 Å². The third-order valence-electron chi connectivity index (χ3n) is 4.83. The van der Waals surface area contributed by atoms with E-state index in [9.17, 15) is 0 Å². The lowest BCUT2D eigenvalue weighted by atomic mass is 10.2. The van der Waals surface area contributed by atoms with Crippen molar-refractivity contribution in [2.45, 2.75) is 13.0 Å². The summed E-state index contributed by atoms with van der Waals surface area (Å²) in [7, 11) is 0. The van der Waals surface area contributed by atoms with Crippen LogP contribution in [-0.2, 0) is 0 Å². The molecule has 130 valence electrons. The van der Waals surface area contributed by atoms with Crippen molar-refractivity contribution in [3.63, 3.8) is 0 Å². The second-order valence-electron chi connectivity index (χ2n) is 6.53. The highest BCUT2D eigenvalue weighted by atomic mass is 15.4. The summed E-state index contributed by atoms with van der Waals surface area (Å²) in [5, 5.41) is 12.5. The van der Waals surface area contributed by atoms with Crippen LogP contribution in [0.3, 0.4) is 0 Å². The molecule has 3 aromatic heterocycles. The van der Waals surface area contributed by atoms with Crippen molar-refractivity contribution in [1.82, 2.24) is 29.8 Å². The normalized spacial score (nSPS) is 18.0. The predicted molar refractivity (Wildman–Crippen MR) is 99.3 cm³/mol. The molecule has 1 aliphatic heterocycles. The van der Waals surface area contributed by atoms with Gasteiger partial charge in [0, 0.05) is 25.7 Å². The maximum atomic E-state index is 4.77. The van der Waals surface area contributed by atoms with Crippen LogP contribution in [0, 0.1) is 0 Å². The van der Waals surface area contributed by atoms with Crippen LogP contribution in [0.5, 0.6) is 0 Å². The average molecular weight is 346 g/mol. The summed E-state index contributed by atoms with van der Waals surface area (Å²) in [6, 6.07) is 12.2. The Bertz CT molecular complexity index is 1070. The Morgan fingerprint density at radius 2 is 1.88 bits per heavy atom. The van der Waals surface area contributed by atoms with Gasteiger partial charge in [0.1, 0.15) is 18.0 Å². The molecule has 8 heteroatoms. The monoisotopic (exact) mass is 346 g/mol. The van der Waals surface area contributed by atoms with Gasteiger partial charge < -0.3 is 9.80 Å². The van der Waals surface area contributed by atoms with Crippen LogP contribution in [0.1, 0.15) is 6.92 Å². The minimum absolute atomic E-state index is 0.304. The molecule has 1 fully saturated rings. The molecule has 1 aliphatic rings. The summed E-state index contributed by atoms with van der Waals surface area (Å²) >= 11 is 0. The second kappa shape index (κ2) is 5.91. The summed E-state index contributed by atoms with van der Waals surface area (Å²) < 4.78 is 1.71. The first kappa shape index (κ1) is 15.0. The molecule has 8 nitrogen and oxygen atoms in total. The highest BCUT2D eigenvalue weighted by Gasteiger charge is 2.26. The van der Waals surface area contributed by atoms with E-state index >= 15 is 0 Å². The van der Waals surface area contributed by atoms with E-state index < -0.39 is 0 Å². The van der Waals surface area contributed by atoms with Crippen LogP contribution < -0.4 is 9.80 Å². The first-order valence-electron chi connectivity index (χ1n) is 8.68. The predicted octanol–water partition coefficient (Wildman–Crippen LogP) is 1.78. The van der Waals surface area contributed by atoms with E-state index in [0.717, 1.165) is 48.0 Å². The summed E-state index contributed by atoms with van der Waals surface area (Å²) in [4.78, 5) is 13.9. The summed E-state index contributed by atoms with van der Waals surface area (Å²) in [5.41, 5.74) is 2.61. The molecule has 0 amide bonds. The lowest BCUT2D eigenvalue weighted by Gasteiger charge is -2.40. The van der Waals surface area contributed by atoms with Crippen molar-refractivity contribution in [3.8, 4) is 0 Å². The van der Waals surface area contributed by atoms with E-state index in [0.29, 0.717) is 6.04 Å². The molecule has 1 aromatic carbocycles. The Hall–Kier alpha value is -3.29. The molecule has 5 rings (SSSR count). The van der Waals surface area contributed by atoms with Gasteiger partial charge in [0.15, 0.2) is 5.65 Å². The van der Waals surface area contributed by atoms with Crippen LogP contribution in [0.15, 0.2) is 48.9 Å². The van der Waals surface area contributed by atoms with Crippen molar-refractivity contribution in [2.75, 3.05) is 29.4 Å². The molecule has 0 N–H and O–H groups in total. The first-order valence-corrected chi connectivity index (χ1v) is 8.68. The Kier molecular flexibility index (Phi) is 3.41. The van der Waals surface area contributed by atoms with Gasteiger partial charge in [0.25, 0.3) is 0 Å². The third-order valence-corrected chi connectivity index (χ3v) is 4.83. The lowest BCUT2D eigenvalue weighted by molar-refractivity contribution is 0.539. The minimum atomic E-state index is 0.304. The number of aromatic nitrogens is 6. The fraction of sp³-hybridized carbons (Fsp3) is 0.278. The highest BCUT2D eigenvalue weighted by Crippen LogP contribution is 2.22. The smallest absolute Gasteiger partial charge is 0.177 e. The van der Waals surface area contributed by atoms with Gasteiger partial charge in [0.05, 0.1) is 17.2 Å². The molecule has 0 spiro atoms. The second-order valence-corrected chi connectivity index (χ2v) is 6.53. The molecular formula is C18H18N8. The number of hydrogen-bond donors (Lipinski definition) is 0. The van der Waals surface area contributed by atoms with Crippen LogP contribution in [-0.4, -0.2) is 55.5 Å². The Labute approximate surface area is 150 Å². The minimum Gasteiger partial charge on any atom is -0.351 e. The summed E-state index contributed by atoms with van der Waals surface area (Å²) in [5.74, 6) is 1.87. The number of nitrogens with zero attached hydrogens (tertiary/aromatic N) is 8. The molecule has 4 aromatic rings. The van der Waals surface area contributed by atoms with Crippen molar-refractivity contribution in [1.29, 1.82) is 0 Å². The van der Waals surface area contributed by atoms with Crippen LogP contribution in [0.2, 0.25) is 0 Å². The Morgan fingerprint density at radius 1 is 1.00 bits per heavy atom. The van der Waals surface area contributed by atoms with Gasteiger partial charge in [-0.15, -0.1) is 15.3 Å². The van der Waals surface area contributed by atoms with Crippen molar-refractivity contribution >= 4 is 28.3 Å². The van der Waals surface area contributed by atoms with Crippen molar-refractivity contribution in [2.24, 2.45) is 0 Å². The fourth-order valence-electron chi connectivity index (χ4n) is 3.48. The average Bonchev–Trinajstić information content (AvgIpc) is 3.15. The van der Waals surface area contributed by atoms with E-state index in [1.807, 2.05) is 42.6 Å². The fourth-order valence-corrected chi connectivity index (χ4v) is 3.48. The molecule has 1 atom stereocenters. The summed E-state index contributed by atoms with van der Waals surface area (Å²) in [6.07, 6.45) is 3.50. The van der Waals surface area contributed by atoms with E-state index in [1.165, 1.54) is 0 Å². The van der Waals surface area contributed by atoms with Crippen molar-refractivity contribution < 1.29 is 0 Å². The molecule has 0 saturated carbocycles. The third kappa shape index (κ3) is 2.50. The quantitative estimate of drug-likeness (QED) is 0.548. The Balaban J connectivity index is 1.38. The van der Waals surface area contributed by atoms with Crippen molar-refractivity contribution in [3.05, 3.63) is 48.9 Å². The molecule has 0 bridgehead atoms. The van der Waals surface area contributed by atoms with Crippen LogP contribution >= 0.6 is 0 Å². The molecule has 1 saturated heterocycles. The van der Waals surface area contributed by atoms with Gasteiger partial charge in [0.2, 0.25) is 0 Å². The number of hydrogen-bond acceptors (Lipinski definition) is 7. The van der Waals surface area contributed by atoms with Gasteiger partial charge in [-0.1, -0.05) is 12.1 Å². The molecule has 0 unspecified atom stereocenters. The Morgan fingerprint density at radius 3 is 2.77 bits per heavy atom. The molecular weight excluding hydrogens is 328 g/mol. The highest BCUT2D eigenvalue weighted by molar-refractivity contribution is 5.75. The van der Waals surface area contributed by atoms with Crippen LogP contribution in [0.4, 0.5) is 11.6 Å². The maximum absolute atomic E-state index is 4.77. The van der Waals surface area contributed by atoms with E-state index in [1.54, 1.807) is 10.8 Å². The van der Waals surface area contributed by atoms with E-state index in [2.05, 4.69) is 37.0 Å². The summed E-state index contributed by atoms with van der Waals surface area (Å²) in [6.45, 7) is 4.82.